The summed E-state index contributed by atoms with van der Waals surface area (Å²) in [4.78, 5) is 8.40. The van der Waals surface area contributed by atoms with Crippen LogP contribution in [-0.2, 0) is 0 Å². The number of hydrogen-bond donors (Lipinski definition) is 1. The molecule has 0 aliphatic carbocycles. The molecule has 0 aliphatic heterocycles. The summed E-state index contributed by atoms with van der Waals surface area (Å²) in [7, 11) is 2.14. The summed E-state index contributed by atoms with van der Waals surface area (Å²) in [6.45, 7) is 5.60. The summed E-state index contributed by atoms with van der Waals surface area (Å²) >= 11 is 1.79. The zero-order chi connectivity index (χ0) is 15.2. The molecule has 0 fully saturated rings. The van der Waals surface area contributed by atoms with E-state index in [-0.39, 0.29) is 6.61 Å². The van der Waals surface area contributed by atoms with E-state index in [0.29, 0.717) is 6.04 Å². The van der Waals surface area contributed by atoms with Crippen molar-refractivity contribution < 1.29 is 5.11 Å². The summed E-state index contributed by atoms with van der Waals surface area (Å²) < 4.78 is 0. The third kappa shape index (κ3) is 4.13. The van der Waals surface area contributed by atoms with Gasteiger partial charge in [0.2, 0.25) is 0 Å². The topological polar surface area (TPSA) is 36.4 Å². The monoisotopic (exact) mass is 304 g/mol. The average Bonchev–Trinajstić information content (AvgIpc) is 2.89. The van der Waals surface area contributed by atoms with Crippen molar-refractivity contribution in [2.45, 2.75) is 32.7 Å². The number of benzene rings is 1. The molecule has 0 radical (unpaired) electrons. The number of aliphatic hydroxyl groups excluding tert-OH is 1. The van der Waals surface area contributed by atoms with Gasteiger partial charge in [-0.15, -0.1) is 11.3 Å². The fraction of sp³-hybridized carbons (Fsp3) is 0.471. The number of hydrogen-bond acceptors (Lipinski definition) is 4. The van der Waals surface area contributed by atoms with Gasteiger partial charge in [-0.1, -0.05) is 30.3 Å². The Hall–Kier alpha value is -1.23. The van der Waals surface area contributed by atoms with Gasteiger partial charge in [-0.05, 0) is 40.3 Å². The third-order valence-electron chi connectivity index (χ3n) is 3.81. The van der Waals surface area contributed by atoms with Crippen LogP contribution in [0.25, 0.3) is 10.6 Å². The Morgan fingerprint density at radius 2 is 1.95 bits per heavy atom. The summed E-state index contributed by atoms with van der Waals surface area (Å²) in [5.41, 5.74) is 2.31. The molecule has 1 atom stereocenters. The minimum absolute atomic E-state index is 0.278. The molecule has 2 rings (SSSR count). The van der Waals surface area contributed by atoms with Gasteiger partial charge in [0, 0.05) is 23.1 Å². The van der Waals surface area contributed by atoms with Crippen molar-refractivity contribution >= 4 is 11.3 Å². The van der Waals surface area contributed by atoms with Crippen molar-refractivity contribution in [3.05, 3.63) is 40.9 Å². The van der Waals surface area contributed by atoms with Crippen molar-refractivity contribution in [2.24, 2.45) is 0 Å². The maximum Gasteiger partial charge on any atom is 0.123 e. The Labute approximate surface area is 131 Å². The van der Waals surface area contributed by atoms with Crippen LogP contribution in [0.2, 0.25) is 0 Å². The Balaban J connectivity index is 2.11. The molecule has 1 N–H and O–H groups in total. The fourth-order valence-electron chi connectivity index (χ4n) is 2.37. The first-order valence-corrected chi connectivity index (χ1v) is 8.29. The largest absolute Gasteiger partial charge is 0.396 e. The highest BCUT2D eigenvalue weighted by molar-refractivity contribution is 7.15. The molecule has 3 nitrogen and oxygen atoms in total. The van der Waals surface area contributed by atoms with E-state index in [1.807, 2.05) is 6.07 Å². The summed E-state index contributed by atoms with van der Waals surface area (Å²) in [5.74, 6) is 0. The highest BCUT2D eigenvalue weighted by Crippen LogP contribution is 2.33. The van der Waals surface area contributed by atoms with Gasteiger partial charge in [0.15, 0.2) is 0 Å². The highest BCUT2D eigenvalue weighted by atomic mass is 32.1. The SMILES string of the molecule is Cc1nc(-c2ccccc2)sc1C(C)N(C)CCCCO. The predicted octanol–water partition coefficient (Wildman–Crippen LogP) is 3.88. The second-order valence-corrected chi connectivity index (χ2v) is 6.45. The molecule has 0 amide bonds. The van der Waals surface area contributed by atoms with Crippen molar-refractivity contribution in [3.63, 3.8) is 0 Å². The number of aromatic nitrogens is 1. The summed E-state index contributed by atoms with van der Waals surface area (Å²) in [6.07, 6.45) is 1.90. The van der Waals surface area contributed by atoms with E-state index in [1.54, 1.807) is 11.3 Å². The van der Waals surface area contributed by atoms with Crippen LogP contribution in [0.3, 0.4) is 0 Å². The number of unbranched alkanes of at least 4 members (excludes halogenated alkanes) is 1. The summed E-state index contributed by atoms with van der Waals surface area (Å²) in [6, 6.07) is 10.7. The molecule has 1 aromatic heterocycles. The molecule has 0 bridgehead atoms. The smallest absolute Gasteiger partial charge is 0.123 e. The lowest BCUT2D eigenvalue weighted by Crippen LogP contribution is -2.23. The van der Waals surface area contributed by atoms with Crippen LogP contribution in [0, 0.1) is 6.92 Å². The lowest BCUT2D eigenvalue weighted by atomic mass is 10.2. The van der Waals surface area contributed by atoms with Crippen LogP contribution in [0.4, 0.5) is 0 Å². The highest BCUT2D eigenvalue weighted by Gasteiger charge is 2.18. The Morgan fingerprint density at radius 1 is 1.24 bits per heavy atom. The maximum absolute atomic E-state index is 8.88. The molecular weight excluding hydrogens is 280 g/mol. The number of aliphatic hydroxyl groups is 1. The maximum atomic E-state index is 8.88. The van der Waals surface area contributed by atoms with Gasteiger partial charge >= 0.3 is 0 Å². The van der Waals surface area contributed by atoms with E-state index < -0.39 is 0 Å². The first-order valence-electron chi connectivity index (χ1n) is 7.47. The van der Waals surface area contributed by atoms with Gasteiger partial charge < -0.3 is 5.11 Å². The minimum atomic E-state index is 0.278. The molecule has 21 heavy (non-hydrogen) atoms. The second-order valence-electron chi connectivity index (χ2n) is 5.42. The van der Waals surface area contributed by atoms with Crippen molar-refractivity contribution in [1.29, 1.82) is 0 Å². The van der Waals surface area contributed by atoms with E-state index in [4.69, 9.17) is 10.1 Å². The van der Waals surface area contributed by atoms with Crippen LogP contribution in [0.5, 0.6) is 0 Å². The minimum Gasteiger partial charge on any atom is -0.396 e. The lowest BCUT2D eigenvalue weighted by molar-refractivity contribution is 0.235. The molecular formula is C17H24N2OS. The van der Waals surface area contributed by atoms with Gasteiger partial charge in [0.25, 0.3) is 0 Å². The van der Waals surface area contributed by atoms with E-state index in [2.05, 4.69) is 50.1 Å². The number of thiazole rings is 1. The van der Waals surface area contributed by atoms with Gasteiger partial charge in [-0.3, -0.25) is 4.90 Å². The third-order valence-corrected chi connectivity index (χ3v) is 5.19. The van der Waals surface area contributed by atoms with Crippen molar-refractivity contribution in [3.8, 4) is 10.6 Å². The lowest BCUT2D eigenvalue weighted by Gasteiger charge is -2.23. The summed E-state index contributed by atoms with van der Waals surface area (Å²) in [5, 5.41) is 9.98. The zero-order valence-electron chi connectivity index (χ0n) is 13.0. The molecule has 2 aromatic rings. The van der Waals surface area contributed by atoms with Crippen LogP contribution < -0.4 is 0 Å². The zero-order valence-corrected chi connectivity index (χ0v) is 13.9. The Kier molecular flexibility index (Phi) is 5.91. The second kappa shape index (κ2) is 7.69. The van der Waals surface area contributed by atoms with Crippen LogP contribution in [0.1, 0.15) is 36.4 Å². The van der Waals surface area contributed by atoms with E-state index in [9.17, 15) is 0 Å². The van der Waals surface area contributed by atoms with E-state index in [1.165, 1.54) is 10.4 Å². The molecule has 4 heteroatoms. The number of aryl methyl sites for hydroxylation is 1. The van der Waals surface area contributed by atoms with Gasteiger partial charge in [0.05, 0.1) is 5.69 Å². The molecule has 1 aromatic carbocycles. The van der Waals surface area contributed by atoms with Gasteiger partial charge in [0.1, 0.15) is 5.01 Å². The number of rotatable bonds is 7. The molecule has 0 spiro atoms. The van der Waals surface area contributed by atoms with E-state index >= 15 is 0 Å². The fourth-order valence-corrected chi connectivity index (χ4v) is 3.56. The number of nitrogens with zero attached hydrogens (tertiary/aromatic N) is 2. The molecule has 0 saturated heterocycles. The van der Waals surface area contributed by atoms with Crippen LogP contribution in [-0.4, -0.2) is 35.2 Å². The normalized spacial score (nSPS) is 12.8. The predicted molar refractivity (Wildman–Crippen MR) is 89.7 cm³/mol. The van der Waals surface area contributed by atoms with Gasteiger partial charge in [-0.25, -0.2) is 4.98 Å². The van der Waals surface area contributed by atoms with Crippen LogP contribution >= 0.6 is 11.3 Å². The van der Waals surface area contributed by atoms with Gasteiger partial charge in [-0.2, -0.15) is 0 Å². The molecule has 1 heterocycles. The first-order chi connectivity index (χ1) is 10.1. The molecule has 0 saturated carbocycles. The van der Waals surface area contributed by atoms with Crippen molar-refractivity contribution in [1.82, 2.24) is 9.88 Å². The van der Waals surface area contributed by atoms with Crippen LogP contribution in [0.15, 0.2) is 30.3 Å². The standard InChI is InChI=1S/C17H24N2OS/c1-13-16(14(2)19(3)11-7-8-12-20)21-17(18-13)15-9-5-4-6-10-15/h4-6,9-10,14,20H,7-8,11-12H2,1-3H3. The molecule has 0 aliphatic rings. The Bertz CT molecular complexity index is 553. The first kappa shape index (κ1) is 16.1. The molecule has 114 valence electrons. The van der Waals surface area contributed by atoms with Crippen molar-refractivity contribution in [2.75, 3.05) is 20.2 Å². The van der Waals surface area contributed by atoms with E-state index in [0.717, 1.165) is 30.1 Å². The Morgan fingerprint density at radius 3 is 2.62 bits per heavy atom. The quantitative estimate of drug-likeness (QED) is 0.789. The average molecular weight is 304 g/mol. The molecule has 1 unspecified atom stereocenters.